The van der Waals surface area contributed by atoms with Gasteiger partial charge >= 0.3 is 0 Å². The highest BCUT2D eigenvalue weighted by molar-refractivity contribution is 6.08. The molecule has 1 nitrogen and oxygen atoms in total. The molecule has 0 bridgehead atoms. The predicted octanol–water partition coefficient (Wildman–Crippen LogP) is 4.17. The summed E-state index contributed by atoms with van der Waals surface area (Å²) in [6.45, 7) is 2.19. The Bertz CT molecular complexity index is 510. The number of hydrogen-bond donors (Lipinski definition) is 0. The van der Waals surface area contributed by atoms with Gasteiger partial charge in [-0.15, -0.1) is 0 Å². The lowest BCUT2D eigenvalue weighted by atomic mass is 9.80. The van der Waals surface area contributed by atoms with Crippen LogP contribution < -0.4 is 0 Å². The molecule has 1 atom stereocenters. The number of benzene rings is 1. The maximum absolute atomic E-state index is 12.2. The number of carbonyl (C=O) groups excluding carboxylic acids is 1. The molecular formula is C17H20O. The molecule has 0 saturated carbocycles. The van der Waals surface area contributed by atoms with E-state index in [1.54, 1.807) is 0 Å². The van der Waals surface area contributed by atoms with E-state index in [0.29, 0.717) is 11.7 Å². The fourth-order valence-corrected chi connectivity index (χ4v) is 3.43. The highest BCUT2D eigenvalue weighted by Crippen LogP contribution is 2.45. The number of hydrogen-bond acceptors (Lipinski definition) is 1. The fourth-order valence-electron chi connectivity index (χ4n) is 3.43. The predicted molar refractivity (Wildman–Crippen MR) is 74.3 cm³/mol. The largest absolute Gasteiger partial charge is 0.295 e. The second-order valence-electron chi connectivity index (χ2n) is 5.52. The fraction of sp³-hybridized carbons (Fsp3) is 0.471. The van der Waals surface area contributed by atoms with E-state index in [1.165, 1.54) is 16.7 Å². The molecule has 0 aromatic heterocycles. The van der Waals surface area contributed by atoms with Crippen LogP contribution in [-0.4, -0.2) is 5.78 Å². The quantitative estimate of drug-likeness (QED) is 0.775. The molecule has 0 saturated heterocycles. The summed E-state index contributed by atoms with van der Waals surface area (Å²) in [4.78, 5) is 12.2. The van der Waals surface area contributed by atoms with Gasteiger partial charge in [-0.05, 0) is 53.9 Å². The van der Waals surface area contributed by atoms with Gasteiger partial charge in [-0.2, -0.15) is 0 Å². The zero-order valence-corrected chi connectivity index (χ0v) is 11.0. The van der Waals surface area contributed by atoms with Gasteiger partial charge in [0.2, 0.25) is 0 Å². The van der Waals surface area contributed by atoms with Crippen molar-refractivity contribution in [2.45, 2.75) is 45.4 Å². The zero-order valence-electron chi connectivity index (χ0n) is 11.0. The summed E-state index contributed by atoms with van der Waals surface area (Å²) < 4.78 is 0. The van der Waals surface area contributed by atoms with Crippen LogP contribution >= 0.6 is 0 Å². The van der Waals surface area contributed by atoms with Crippen molar-refractivity contribution in [1.82, 2.24) is 0 Å². The minimum atomic E-state index is 0.417. The van der Waals surface area contributed by atoms with Crippen molar-refractivity contribution in [2.75, 3.05) is 0 Å². The Kier molecular flexibility index (Phi) is 3.07. The van der Waals surface area contributed by atoms with Crippen LogP contribution in [-0.2, 0) is 11.2 Å². The summed E-state index contributed by atoms with van der Waals surface area (Å²) in [7, 11) is 0. The average molecular weight is 240 g/mol. The molecule has 1 aromatic carbocycles. The monoisotopic (exact) mass is 240 g/mol. The molecule has 18 heavy (non-hydrogen) atoms. The highest BCUT2D eigenvalue weighted by Gasteiger charge is 2.35. The summed E-state index contributed by atoms with van der Waals surface area (Å²) in [5, 5.41) is 0. The summed E-state index contributed by atoms with van der Waals surface area (Å²) in [5.74, 6) is 0.930. The Morgan fingerprint density at radius 3 is 2.94 bits per heavy atom. The van der Waals surface area contributed by atoms with Crippen molar-refractivity contribution >= 4 is 11.4 Å². The van der Waals surface area contributed by atoms with Crippen molar-refractivity contribution in [2.24, 2.45) is 5.92 Å². The van der Waals surface area contributed by atoms with Crippen LogP contribution in [0, 0.1) is 5.92 Å². The van der Waals surface area contributed by atoms with Gasteiger partial charge in [0.05, 0.1) is 0 Å². The number of fused-ring (bicyclic) bond motifs is 3. The number of Topliss-reactive ketones (excluding diaryl/α,β-unsaturated/α-hetero) is 1. The first-order valence-electron chi connectivity index (χ1n) is 7.15. The maximum atomic E-state index is 12.2. The van der Waals surface area contributed by atoms with Crippen molar-refractivity contribution < 1.29 is 4.79 Å². The molecule has 0 aliphatic heterocycles. The third-order valence-corrected chi connectivity index (χ3v) is 4.35. The Labute approximate surface area is 109 Å². The zero-order chi connectivity index (χ0) is 12.5. The standard InChI is InChI=1S/C17H20O/c1-2-3-7-15-16(18)11-13-10-9-12-6-4-5-8-14(12)17(13)15/h4-6,8,13H,2-3,7,9-11H2,1H3. The van der Waals surface area contributed by atoms with Crippen LogP contribution in [0.3, 0.4) is 0 Å². The molecule has 1 aromatic rings. The maximum Gasteiger partial charge on any atom is 0.159 e. The normalized spacial score (nSPS) is 22.1. The summed E-state index contributed by atoms with van der Waals surface area (Å²) >= 11 is 0. The molecule has 1 heteroatoms. The molecule has 1 unspecified atom stereocenters. The lowest BCUT2D eigenvalue weighted by Gasteiger charge is -2.24. The molecular weight excluding hydrogens is 220 g/mol. The number of aryl methyl sites for hydroxylation is 1. The van der Waals surface area contributed by atoms with E-state index in [-0.39, 0.29) is 0 Å². The minimum Gasteiger partial charge on any atom is -0.295 e. The van der Waals surface area contributed by atoms with Gasteiger partial charge in [0, 0.05) is 6.42 Å². The first kappa shape index (κ1) is 11.7. The van der Waals surface area contributed by atoms with Gasteiger partial charge in [-0.3, -0.25) is 4.79 Å². The lowest BCUT2D eigenvalue weighted by molar-refractivity contribution is -0.115. The number of unbranched alkanes of at least 4 members (excludes halogenated alkanes) is 1. The van der Waals surface area contributed by atoms with E-state index >= 15 is 0 Å². The van der Waals surface area contributed by atoms with Crippen LogP contribution in [0.15, 0.2) is 29.8 Å². The van der Waals surface area contributed by atoms with Gasteiger partial charge < -0.3 is 0 Å². The SMILES string of the molecule is CCCCC1=C2c3ccccc3CCC2CC1=O. The Morgan fingerprint density at radius 1 is 1.28 bits per heavy atom. The van der Waals surface area contributed by atoms with Crippen molar-refractivity contribution in [3.8, 4) is 0 Å². The molecule has 3 rings (SSSR count). The first-order chi connectivity index (χ1) is 8.81. The molecule has 0 fully saturated rings. The molecule has 2 aliphatic carbocycles. The number of carbonyl (C=O) groups is 1. The third-order valence-electron chi connectivity index (χ3n) is 4.35. The summed E-state index contributed by atoms with van der Waals surface area (Å²) in [6.07, 6.45) is 6.35. The second kappa shape index (κ2) is 4.72. The van der Waals surface area contributed by atoms with Crippen molar-refractivity contribution in [3.05, 3.63) is 41.0 Å². The number of ketones is 1. The summed E-state index contributed by atoms with van der Waals surface area (Å²) in [6, 6.07) is 8.65. The molecule has 0 N–H and O–H groups in total. The van der Waals surface area contributed by atoms with E-state index in [4.69, 9.17) is 0 Å². The van der Waals surface area contributed by atoms with Gasteiger partial charge in [-0.1, -0.05) is 37.6 Å². The van der Waals surface area contributed by atoms with E-state index in [1.807, 2.05) is 0 Å². The smallest absolute Gasteiger partial charge is 0.159 e. The van der Waals surface area contributed by atoms with Gasteiger partial charge in [0.25, 0.3) is 0 Å². The summed E-state index contributed by atoms with van der Waals surface area (Å²) in [5.41, 5.74) is 5.35. The van der Waals surface area contributed by atoms with E-state index in [9.17, 15) is 4.79 Å². The van der Waals surface area contributed by atoms with E-state index in [0.717, 1.165) is 44.1 Å². The minimum absolute atomic E-state index is 0.417. The van der Waals surface area contributed by atoms with Crippen LogP contribution in [0.1, 0.15) is 50.2 Å². The average Bonchev–Trinajstić information content (AvgIpc) is 2.72. The molecule has 94 valence electrons. The molecule has 2 aliphatic rings. The topological polar surface area (TPSA) is 17.1 Å². The number of rotatable bonds is 3. The highest BCUT2D eigenvalue weighted by atomic mass is 16.1. The van der Waals surface area contributed by atoms with Gasteiger partial charge in [-0.25, -0.2) is 0 Å². The van der Waals surface area contributed by atoms with Crippen molar-refractivity contribution in [3.63, 3.8) is 0 Å². The molecule has 0 spiro atoms. The van der Waals surface area contributed by atoms with E-state index in [2.05, 4.69) is 31.2 Å². The van der Waals surface area contributed by atoms with Crippen molar-refractivity contribution in [1.29, 1.82) is 0 Å². The number of allylic oxidation sites excluding steroid dienone is 2. The third kappa shape index (κ3) is 1.82. The van der Waals surface area contributed by atoms with Gasteiger partial charge in [0.1, 0.15) is 0 Å². The molecule has 0 amide bonds. The Hall–Kier alpha value is -1.37. The van der Waals surface area contributed by atoms with Crippen LogP contribution in [0.5, 0.6) is 0 Å². The Morgan fingerprint density at radius 2 is 2.11 bits per heavy atom. The Balaban J connectivity index is 2.07. The van der Waals surface area contributed by atoms with Crippen LogP contribution in [0.25, 0.3) is 5.57 Å². The van der Waals surface area contributed by atoms with E-state index < -0.39 is 0 Å². The lowest BCUT2D eigenvalue weighted by Crippen LogP contribution is -2.10. The molecule has 0 heterocycles. The first-order valence-corrected chi connectivity index (χ1v) is 7.15. The van der Waals surface area contributed by atoms with Crippen LogP contribution in [0.4, 0.5) is 0 Å². The van der Waals surface area contributed by atoms with Gasteiger partial charge in [0.15, 0.2) is 5.78 Å². The second-order valence-corrected chi connectivity index (χ2v) is 5.52. The molecule has 0 radical (unpaired) electrons. The van der Waals surface area contributed by atoms with Crippen LogP contribution in [0.2, 0.25) is 0 Å².